The lowest BCUT2D eigenvalue weighted by Gasteiger charge is -2.10. The maximum atomic E-state index is 12.3. The lowest BCUT2D eigenvalue weighted by Crippen LogP contribution is -2.14. The Hall–Kier alpha value is -2.39. The van der Waals surface area contributed by atoms with E-state index in [2.05, 4.69) is 21.6 Å². The molecule has 0 radical (unpaired) electrons. The number of aromatic nitrogens is 3. The van der Waals surface area contributed by atoms with Gasteiger partial charge in [0, 0.05) is 10.6 Å². The molecule has 0 aliphatic carbocycles. The second kappa shape index (κ2) is 9.20. The van der Waals surface area contributed by atoms with Gasteiger partial charge < -0.3 is 5.32 Å². The van der Waals surface area contributed by atoms with Crippen molar-refractivity contribution in [3.8, 4) is 5.69 Å². The third-order valence-electron chi connectivity index (χ3n) is 3.82. The molecule has 0 aliphatic rings. The van der Waals surface area contributed by atoms with Crippen LogP contribution >= 0.6 is 23.5 Å². The summed E-state index contributed by atoms with van der Waals surface area (Å²) in [5.74, 6) is -2.53. The fourth-order valence-corrected chi connectivity index (χ4v) is 3.83. The Morgan fingerprint density at radius 3 is 2.61 bits per heavy atom. The van der Waals surface area contributed by atoms with E-state index in [1.807, 2.05) is 30.5 Å². The summed E-state index contributed by atoms with van der Waals surface area (Å²) in [6, 6.07) is 12.4. The molecule has 1 aromatic heterocycles. The molecular formula is C19H18F2N4OS2. The van der Waals surface area contributed by atoms with E-state index in [9.17, 15) is 13.6 Å². The first-order valence-electron chi connectivity index (χ1n) is 8.37. The van der Waals surface area contributed by atoms with E-state index in [0.29, 0.717) is 27.5 Å². The number of carbonyl (C=O) groups excluding carboxylic acids is 1. The topological polar surface area (TPSA) is 59.8 Å². The van der Waals surface area contributed by atoms with Crippen LogP contribution in [0.1, 0.15) is 11.1 Å². The summed E-state index contributed by atoms with van der Waals surface area (Å²) < 4.78 is 26.5. The zero-order valence-corrected chi connectivity index (χ0v) is 16.9. The summed E-state index contributed by atoms with van der Waals surface area (Å²) in [7, 11) is 0. The number of benzene rings is 2. The van der Waals surface area contributed by atoms with Crippen molar-refractivity contribution in [2.24, 2.45) is 0 Å². The number of nitrogens with zero attached hydrogens (tertiary/aromatic N) is 3. The smallest absolute Gasteiger partial charge is 0.288 e. The number of alkyl halides is 2. The molecule has 5 nitrogen and oxygen atoms in total. The predicted octanol–water partition coefficient (Wildman–Crippen LogP) is 4.93. The molecule has 146 valence electrons. The number of anilines is 1. The van der Waals surface area contributed by atoms with Gasteiger partial charge in [0.25, 0.3) is 5.76 Å². The molecular weight excluding hydrogens is 402 g/mol. The van der Waals surface area contributed by atoms with Crippen molar-refractivity contribution in [3.05, 3.63) is 59.9 Å². The first-order valence-corrected chi connectivity index (χ1v) is 10.2. The zero-order valence-electron chi connectivity index (χ0n) is 15.2. The van der Waals surface area contributed by atoms with Crippen LogP contribution in [0.25, 0.3) is 5.69 Å². The van der Waals surface area contributed by atoms with Crippen molar-refractivity contribution in [2.45, 2.75) is 29.7 Å². The van der Waals surface area contributed by atoms with Crippen molar-refractivity contribution in [2.75, 3.05) is 11.1 Å². The van der Waals surface area contributed by atoms with E-state index < -0.39 is 5.76 Å². The maximum absolute atomic E-state index is 12.3. The number of halogens is 2. The molecule has 0 saturated heterocycles. The van der Waals surface area contributed by atoms with Gasteiger partial charge in [-0.2, -0.15) is 8.78 Å². The van der Waals surface area contributed by atoms with Crippen LogP contribution in [0.2, 0.25) is 0 Å². The molecule has 1 amide bonds. The summed E-state index contributed by atoms with van der Waals surface area (Å²) in [6.07, 6.45) is 1.62. The van der Waals surface area contributed by atoms with Gasteiger partial charge in [-0.25, -0.2) is 0 Å². The average Bonchev–Trinajstić information content (AvgIpc) is 3.09. The summed E-state index contributed by atoms with van der Waals surface area (Å²) in [5, 5.41) is 11.4. The Balaban J connectivity index is 1.60. The molecule has 2 aromatic carbocycles. The highest BCUT2D eigenvalue weighted by molar-refractivity contribution is 8.00. The lowest BCUT2D eigenvalue weighted by molar-refractivity contribution is -0.113. The molecule has 28 heavy (non-hydrogen) atoms. The van der Waals surface area contributed by atoms with Crippen LogP contribution in [0, 0.1) is 13.8 Å². The minimum absolute atomic E-state index is 0.150. The number of hydrogen-bond donors (Lipinski definition) is 1. The number of amides is 1. The molecule has 0 unspecified atom stereocenters. The second-order valence-corrected chi connectivity index (χ2v) is 8.02. The van der Waals surface area contributed by atoms with Gasteiger partial charge in [0.2, 0.25) is 5.91 Å². The van der Waals surface area contributed by atoms with Crippen LogP contribution in [0.4, 0.5) is 14.5 Å². The quantitative estimate of drug-likeness (QED) is 0.549. The van der Waals surface area contributed by atoms with Crippen LogP contribution in [0.5, 0.6) is 0 Å². The Labute approximate surface area is 169 Å². The molecule has 0 spiro atoms. The van der Waals surface area contributed by atoms with Crippen molar-refractivity contribution >= 4 is 35.1 Å². The summed E-state index contributed by atoms with van der Waals surface area (Å²) in [4.78, 5) is 12.7. The SMILES string of the molecule is Cc1ccc(-n2cnnc2SCC(=O)Nc2ccc(SC(F)F)cc2)c(C)c1. The number of thioether (sulfide) groups is 2. The van der Waals surface area contributed by atoms with Gasteiger partial charge in [-0.1, -0.05) is 41.2 Å². The summed E-state index contributed by atoms with van der Waals surface area (Å²) in [5.41, 5.74) is 3.78. The van der Waals surface area contributed by atoms with Gasteiger partial charge >= 0.3 is 0 Å². The zero-order chi connectivity index (χ0) is 20.1. The average molecular weight is 421 g/mol. The highest BCUT2D eigenvalue weighted by Gasteiger charge is 2.12. The summed E-state index contributed by atoms with van der Waals surface area (Å²) >= 11 is 1.74. The number of rotatable bonds is 7. The third kappa shape index (κ3) is 5.32. The van der Waals surface area contributed by atoms with Gasteiger partial charge in [0.1, 0.15) is 6.33 Å². The van der Waals surface area contributed by atoms with Gasteiger partial charge in [0.15, 0.2) is 5.16 Å². The predicted molar refractivity (Wildman–Crippen MR) is 108 cm³/mol. The van der Waals surface area contributed by atoms with Crippen LogP contribution < -0.4 is 5.32 Å². The van der Waals surface area contributed by atoms with E-state index in [0.717, 1.165) is 11.3 Å². The molecule has 1 heterocycles. The van der Waals surface area contributed by atoms with Gasteiger partial charge in [-0.3, -0.25) is 9.36 Å². The first kappa shape index (κ1) is 20.3. The summed E-state index contributed by atoms with van der Waals surface area (Å²) in [6.45, 7) is 4.04. The fourth-order valence-electron chi connectivity index (χ4n) is 2.61. The highest BCUT2D eigenvalue weighted by atomic mass is 32.2. The van der Waals surface area contributed by atoms with Gasteiger partial charge in [-0.15, -0.1) is 10.2 Å². The van der Waals surface area contributed by atoms with Crippen LogP contribution in [0.3, 0.4) is 0 Å². The van der Waals surface area contributed by atoms with Crippen LogP contribution in [-0.4, -0.2) is 32.2 Å². The molecule has 0 atom stereocenters. The lowest BCUT2D eigenvalue weighted by atomic mass is 10.1. The highest BCUT2D eigenvalue weighted by Crippen LogP contribution is 2.26. The van der Waals surface area contributed by atoms with Crippen molar-refractivity contribution in [3.63, 3.8) is 0 Å². The molecule has 0 aliphatic heterocycles. The maximum Gasteiger partial charge on any atom is 0.288 e. The first-order chi connectivity index (χ1) is 13.4. The van der Waals surface area contributed by atoms with Crippen molar-refractivity contribution in [1.82, 2.24) is 14.8 Å². The second-order valence-electron chi connectivity index (χ2n) is 6.01. The van der Waals surface area contributed by atoms with E-state index in [4.69, 9.17) is 0 Å². The number of aryl methyl sites for hydroxylation is 2. The monoisotopic (exact) mass is 420 g/mol. The molecule has 9 heteroatoms. The minimum Gasteiger partial charge on any atom is -0.325 e. The van der Waals surface area contributed by atoms with Crippen molar-refractivity contribution < 1.29 is 13.6 Å². The molecule has 3 rings (SSSR count). The molecule has 0 bridgehead atoms. The van der Waals surface area contributed by atoms with Gasteiger partial charge in [0.05, 0.1) is 11.4 Å². The fraction of sp³-hybridized carbons (Fsp3) is 0.211. The standard InChI is InChI=1S/C19H18F2N4OS2/c1-12-3-8-16(13(2)9-12)25-11-22-24-19(25)27-10-17(26)23-14-4-6-15(7-5-14)28-18(20)21/h3-9,11,18H,10H2,1-2H3,(H,23,26). The number of hydrogen-bond acceptors (Lipinski definition) is 5. The van der Waals surface area contributed by atoms with E-state index in [1.165, 1.54) is 17.3 Å². The van der Waals surface area contributed by atoms with Crippen molar-refractivity contribution in [1.29, 1.82) is 0 Å². The van der Waals surface area contributed by atoms with Gasteiger partial charge in [-0.05, 0) is 49.7 Å². The van der Waals surface area contributed by atoms with Crippen LogP contribution in [0.15, 0.2) is 58.8 Å². The van der Waals surface area contributed by atoms with E-state index >= 15 is 0 Å². The van der Waals surface area contributed by atoms with Crippen LogP contribution in [-0.2, 0) is 4.79 Å². The number of nitrogens with one attached hydrogen (secondary N) is 1. The minimum atomic E-state index is -2.47. The van der Waals surface area contributed by atoms with E-state index in [-0.39, 0.29) is 11.7 Å². The Morgan fingerprint density at radius 1 is 1.18 bits per heavy atom. The normalized spacial score (nSPS) is 11.0. The Bertz CT molecular complexity index is 961. The Morgan fingerprint density at radius 2 is 1.93 bits per heavy atom. The largest absolute Gasteiger partial charge is 0.325 e. The molecule has 1 N–H and O–H groups in total. The Kier molecular flexibility index (Phi) is 6.69. The van der Waals surface area contributed by atoms with E-state index in [1.54, 1.807) is 30.6 Å². The molecule has 0 fully saturated rings. The molecule has 3 aromatic rings. The molecule has 0 saturated carbocycles. The third-order valence-corrected chi connectivity index (χ3v) is 5.49. The number of carbonyl (C=O) groups is 1.